The number of hydrogen-bond acceptors (Lipinski definition) is 19. The van der Waals surface area contributed by atoms with Crippen molar-refractivity contribution in [1.29, 1.82) is 0 Å². The quantitative estimate of drug-likeness (QED) is 0.0919. The number of carbonyl (C=O) groups is 2. The number of nitrogens with one attached hydrogen (secondary N) is 1. The van der Waals surface area contributed by atoms with Crippen molar-refractivity contribution in [1.82, 2.24) is 5.32 Å². The number of aliphatic hydroxyl groups is 11. The number of amides is 1. The van der Waals surface area contributed by atoms with Crippen molar-refractivity contribution < 1.29 is 124 Å². The molecule has 0 aromatic carbocycles. The van der Waals surface area contributed by atoms with Crippen molar-refractivity contribution in [2.24, 2.45) is 0 Å². The number of ether oxygens (including phenoxy) is 5. The number of hydrogen-bond donors (Lipinski definition) is 12. The minimum atomic E-state index is -2.94. The molecule has 5 unspecified atom stereocenters. The Bertz CT molecular complexity index is 949. The van der Waals surface area contributed by atoms with Gasteiger partial charge in [0, 0.05) is 13.3 Å². The third-order valence-corrected chi connectivity index (χ3v) is 7.45. The molecular weight excluding hydrogens is 617 g/mol. The summed E-state index contributed by atoms with van der Waals surface area (Å²) in [6.07, 6.45) is -27.3. The molecule has 0 aliphatic carbocycles. The fraction of sp³-hybridized carbons (Fsp3) is 0.913. The maximum Gasteiger partial charge on any atom is 1.00 e. The normalized spacial score (nSPS) is 44.2. The average Bonchev–Trinajstić information content (AvgIpc) is 2.96. The molecule has 3 rings (SSSR count). The van der Waals surface area contributed by atoms with Crippen molar-refractivity contribution in [3.05, 3.63) is 0 Å². The van der Waals surface area contributed by atoms with E-state index in [1.165, 1.54) is 0 Å². The van der Waals surface area contributed by atoms with Crippen LogP contribution in [0.3, 0.4) is 0 Å². The Morgan fingerprint density at radius 3 is 2.14 bits per heavy atom. The summed E-state index contributed by atoms with van der Waals surface area (Å²) in [6, 6.07) is -1.51. The summed E-state index contributed by atoms with van der Waals surface area (Å²) < 4.78 is 26.5. The van der Waals surface area contributed by atoms with Crippen LogP contribution in [0.5, 0.6) is 0 Å². The van der Waals surface area contributed by atoms with Gasteiger partial charge in [-0.3, -0.25) is 4.79 Å². The number of aliphatic carboxylic acids is 1. The van der Waals surface area contributed by atoms with Gasteiger partial charge in [0.1, 0.15) is 73.1 Å². The van der Waals surface area contributed by atoms with Gasteiger partial charge in [0.25, 0.3) is 0 Å². The van der Waals surface area contributed by atoms with E-state index in [0.717, 1.165) is 6.92 Å². The first kappa shape index (κ1) is 39.5. The summed E-state index contributed by atoms with van der Waals surface area (Å²) in [5, 5.41) is 126. The fourth-order valence-corrected chi connectivity index (χ4v) is 5.04. The zero-order chi connectivity index (χ0) is 32.4. The molecule has 3 saturated heterocycles. The fourth-order valence-electron chi connectivity index (χ4n) is 5.04. The standard InChI is InChI=1S/C23H39NO19.Na/c1-6(27)24-11-7(28)2-23(22(37)38,43-19(11)12(30)8(29)3-25)39-5-10-13(31)14(32)17(35)21(41-10)42-18-9(4-26)40-20(36)16(34)15(18)33;/h7-21,25-26,28-36H,2-5H2,1H3,(H,24,27)(H,37,38);/q;+1/p-1/t7-,8?,9+,10?,11?,12+,13-,14-,15+,16+,17+,18?,19+,20?,21-,23+;/m0./s1. The molecule has 21 heteroatoms. The molecule has 3 heterocycles. The molecule has 0 aromatic rings. The van der Waals surface area contributed by atoms with Crippen molar-refractivity contribution in [2.45, 2.75) is 111 Å². The predicted molar refractivity (Wildman–Crippen MR) is 127 cm³/mol. The second-order valence-corrected chi connectivity index (χ2v) is 10.5. The Labute approximate surface area is 271 Å². The molecule has 1 amide bonds. The van der Waals surface area contributed by atoms with Crippen LogP contribution in [-0.2, 0) is 33.3 Å². The second kappa shape index (κ2) is 16.4. The summed E-state index contributed by atoms with van der Waals surface area (Å²) in [6.45, 7) is -1.84. The van der Waals surface area contributed by atoms with Gasteiger partial charge in [-0.05, 0) is 0 Å². The van der Waals surface area contributed by atoms with Crippen LogP contribution in [0.4, 0.5) is 0 Å². The molecule has 0 saturated carbocycles. The van der Waals surface area contributed by atoms with E-state index in [-0.39, 0.29) is 29.6 Å². The Morgan fingerprint density at radius 1 is 0.955 bits per heavy atom. The van der Waals surface area contributed by atoms with Crippen molar-refractivity contribution in [3.63, 3.8) is 0 Å². The second-order valence-electron chi connectivity index (χ2n) is 10.5. The van der Waals surface area contributed by atoms with Gasteiger partial charge < -0.3 is 95.1 Å². The Balaban J connectivity index is 0.00000675. The predicted octanol–water partition coefficient (Wildman–Crippen LogP) is -12.6. The van der Waals surface area contributed by atoms with Crippen LogP contribution in [0.15, 0.2) is 0 Å². The molecule has 44 heavy (non-hydrogen) atoms. The maximum atomic E-state index is 12.2. The molecule has 12 N–H and O–H groups in total. The van der Waals surface area contributed by atoms with Crippen LogP contribution >= 0.6 is 0 Å². The maximum absolute atomic E-state index is 12.2. The molecule has 0 spiro atoms. The van der Waals surface area contributed by atoms with E-state index in [1.807, 2.05) is 0 Å². The van der Waals surface area contributed by atoms with Crippen LogP contribution in [0.2, 0.25) is 0 Å². The van der Waals surface area contributed by atoms with E-state index in [9.17, 15) is 70.9 Å². The first-order valence-corrected chi connectivity index (χ1v) is 13.2. The zero-order valence-corrected chi connectivity index (χ0v) is 25.7. The van der Waals surface area contributed by atoms with Gasteiger partial charge >= 0.3 is 29.6 Å². The van der Waals surface area contributed by atoms with Crippen LogP contribution in [0.25, 0.3) is 0 Å². The minimum Gasteiger partial charge on any atom is -0.544 e. The van der Waals surface area contributed by atoms with Crippen molar-refractivity contribution >= 4 is 11.9 Å². The van der Waals surface area contributed by atoms with Gasteiger partial charge in [-0.2, -0.15) is 0 Å². The largest absolute Gasteiger partial charge is 1.00 e. The van der Waals surface area contributed by atoms with Gasteiger partial charge in [0.2, 0.25) is 11.7 Å². The van der Waals surface area contributed by atoms with Crippen LogP contribution in [0.1, 0.15) is 13.3 Å². The van der Waals surface area contributed by atoms with E-state index in [2.05, 4.69) is 5.32 Å². The van der Waals surface area contributed by atoms with Gasteiger partial charge in [-0.1, -0.05) is 0 Å². The number of aliphatic hydroxyl groups excluding tert-OH is 11. The first-order valence-electron chi connectivity index (χ1n) is 13.2. The van der Waals surface area contributed by atoms with E-state index in [0.29, 0.717) is 0 Å². The first-order chi connectivity index (χ1) is 20.1. The summed E-state index contributed by atoms with van der Waals surface area (Å²) in [4.78, 5) is 23.9. The molecule has 3 aliphatic rings. The van der Waals surface area contributed by atoms with E-state index in [4.69, 9.17) is 23.7 Å². The molecule has 3 aliphatic heterocycles. The van der Waals surface area contributed by atoms with Gasteiger partial charge in [-0.25, -0.2) is 0 Å². The van der Waals surface area contributed by atoms with Crippen LogP contribution < -0.4 is 40.0 Å². The molecule has 20 nitrogen and oxygen atoms in total. The minimum absolute atomic E-state index is 0. The molecule has 250 valence electrons. The van der Waals surface area contributed by atoms with E-state index in [1.54, 1.807) is 0 Å². The van der Waals surface area contributed by atoms with Crippen molar-refractivity contribution in [2.75, 3.05) is 19.8 Å². The molecule has 0 radical (unpaired) electrons. The number of carboxylic acid groups (broad SMARTS) is 1. The number of carboxylic acids is 1. The molecule has 3 fully saturated rings. The molecule has 0 bridgehead atoms. The van der Waals surface area contributed by atoms with Crippen LogP contribution in [-0.4, -0.2) is 186 Å². The summed E-state index contributed by atoms with van der Waals surface area (Å²) in [7, 11) is 0. The summed E-state index contributed by atoms with van der Waals surface area (Å²) in [5.41, 5.74) is 0. The third kappa shape index (κ3) is 8.41. The topological polar surface area (TPSA) is 338 Å². The summed E-state index contributed by atoms with van der Waals surface area (Å²) >= 11 is 0. The van der Waals surface area contributed by atoms with E-state index < -0.39 is 136 Å². The zero-order valence-electron chi connectivity index (χ0n) is 23.7. The molecular formula is C23H38NNaO19. The van der Waals surface area contributed by atoms with Gasteiger partial charge in [0.05, 0.1) is 32.0 Å². The Morgan fingerprint density at radius 2 is 1.59 bits per heavy atom. The average molecular weight is 656 g/mol. The summed E-state index contributed by atoms with van der Waals surface area (Å²) in [5.74, 6) is -5.80. The smallest absolute Gasteiger partial charge is 0.544 e. The molecule has 0 aromatic heterocycles. The van der Waals surface area contributed by atoms with E-state index >= 15 is 0 Å². The van der Waals surface area contributed by atoms with Gasteiger partial charge in [-0.15, -0.1) is 0 Å². The SMILES string of the molecule is CC(=O)NC1[C@H]([C@H](O)C(O)CO)O[C@@](OCC2O[C@@H](OC3[C@@H](CO)OC(O)[C@H](O)[C@H]3O)[C@H](O)[C@@H](O)[C@H]2O)(C(=O)[O-])C[C@@H]1O.[Na+]. The third-order valence-electron chi connectivity index (χ3n) is 7.45. The monoisotopic (exact) mass is 655 g/mol. The number of carbonyl (C=O) groups excluding carboxylic acids is 2. The Hall–Kier alpha value is -0.700. The van der Waals surface area contributed by atoms with Crippen molar-refractivity contribution in [3.8, 4) is 0 Å². The Kier molecular flexibility index (Phi) is 14.7. The molecule has 16 atom stereocenters. The van der Waals surface area contributed by atoms with Gasteiger partial charge in [0.15, 0.2) is 12.6 Å². The van der Waals surface area contributed by atoms with Crippen LogP contribution in [0, 0.1) is 0 Å². The number of rotatable bonds is 11.